The Morgan fingerprint density at radius 1 is 0.714 bits per heavy atom. The summed E-state index contributed by atoms with van der Waals surface area (Å²) in [5.74, 6) is 0. The molecule has 8 rings (SSSR count). The number of fused-ring (bicyclic) bond motifs is 4. The summed E-state index contributed by atoms with van der Waals surface area (Å²) in [5.41, 5.74) is 20.2. The summed E-state index contributed by atoms with van der Waals surface area (Å²) < 4.78 is 2.40. The molecule has 0 spiro atoms. The van der Waals surface area contributed by atoms with E-state index in [9.17, 15) is 0 Å². The van der Waals surface area contributed by atoms with E-state index in [1.807, 2.05) is 0 Å². The van der Waals surface area contributed by atoms with Crippen molar-refractivity contribution in [2.24, 2.45) is 0 Å². The Hall–Kier alpha value is -5.08. The van der Waals surface area contributed by atoms with Crippen LogP contribution in [-0.2, 0) is 0 Å². The minimum Gasteiger partial charge on any atom is -0.396 e. The molecule has 0 aliphatic heterocycles. The molecule has 2 N–H and O–H groups in total. The fourth-order valence-corrected chi connectivity index (χ4v) is 6.96. The zero-order valence-electron chi connectivity index (χ0n) is 23.7. The maximum absolute atomic E-state index is 6.83. The van der Waals surface area contributed by atoms with Gasteiger partial charge in [0, 0.05) is 5.39 Å². The minimum absolute atomic E-state index is 0.266. The van der Waals surface area contributed by atoms with Crippen LogP contribution in [0.1, 0.15) is 31.5 Å². The van der Waals surface area contributed by atoms with Crippen LogP contribution in [0.5, 0.6) is 0 Å². The van der Waals surface area contributed by atoms with Crippen molar-refractivity contribution in [2.45, 2.75) is 25.8 Å². The predicted octanol–water partition coefficient (Wildman–Crippen LogP) is 10.8. The van der Waals surface area contributed by atoms with Crippen LogP contribution in [0, 0.1) is 0 Å². The van der Waals surface area contributed by atoms with Crippen molar-refractivity contribution < 1.29 is 0 Å². The van der Waals surface area contributed by atoms with Crippen molar-refractivity contribution in [2.75, 3.05) is 5.73 Å². The molecule has 1 aromatic heterocycles. The van der Waals surface area contributed by atoms with Gasteiger partial charge < -0.3 is 10.3 Å². The van der Waals surface area contributed by atoms with Gasteiger partial charge in [0.05, 0.1) is 22.9 Å². The monoisotopic (exact) mass is 540 g/mol. The Morgan fingerprint density at radius 2 is 1.43 bits per heavy atom. The number of benzene rings is 5. The van der Waals surface area contributed by atoms with E-state index in [0.717, 1.165) is 29.6 Å². The van der Waals surface area contributed by atoms with Gasteiger partial charge in [-0.15, -0.1) is 0 Å². The molecular formula is C40H32N2. The normalized spacial score (nSPS) is 15.3. The second-order valence-corrected chi connectivity index (χ2v) is 11.3. The van der Waals surface area contributed by atoms with Gasteiger partial charge in [-0.05, 0) is 86.3 Å². The van der Waals surface area contributed by atoms with Crippen molar-refractivity contribution in [3.8, 4) is 44.5 Å². The van der Waals surface area contributed by atoms with Crippen LogP contribution in [0.3, 0.4) is 0 Å². The second-order valence-electron chi connectivity index (χ2n) is 11.3. The molecule has 42 heavy (non-hydrogen) atoms. The summed E-state index contributed by atoms with van der Waals surface area (Å²) in [6.45, 7) is 2.16. The van der Waals surface area contributed by atoms with E-state index in [4.69, 9.17) is 5.73 Å². The van der Waals surface area contributed by atoms with Crippen LogP contribution < -0.4 is 5.73 Å². The van der Waals surface area contributed by atoms with E-state index in [1.165, 1.54) is 60.8 Å². The fraction of sp³-hybridized carbons (Fsp3) is 0.100. The van der Waals surface area contributed by atoms with Crippen molar-refractivity contribution in [1.82, 2.24) is 4.57 Å². The van der Waals surface area contributed by atoms with E-state index in [-0.39, 0.29) is 6.04 Å². The number of aromatic nitrogens is 1. The molecular weight excluding hydrogens is 508 g/mol. The zero-order chi connectivity index (χ0) is 28.2. The molecule has 202 valence electrons. The first-order chi connectivity index (χ1) is 20.7. The second kappa shape index (κ2) is 9.78. The topological polar surface area (TPSA) is 30.9 Å². The summed E-state index contributed by atoms with van der Waals surface area (Å²) >= 11 is 0. The van der Waals surface area contributed by atoms with Crippen molar-refractivity contribution in [3.05, 3.63) is 133 Å². The molecule has 1 unspecified atom stereocenters. The summed E-state index contributed by atoms with van der Waals surface area (Å²) in [4.78, 5) is 0. The van der Waals surface area contributed by atoms with Gasteiger partial charge in [-0.3, -0.25) is 0 Å². The highest BCUT2D eigenvalue weighted by Gasteiger charge is 2.22. The lowest BCUT2D eigenvalue weighted by Gasteiger charge is -2.19. The summed E-state index contributed by atoms with van der Waals surface area (Å²) in [7, 11) is 0. The number of allylic oxidation sites excluding steroid dienone is 5. The first-order valence-corrected chi connectivity index (χ1v) is 14.9. The number of hydrogen-bond acceptors (Lipinski definition) is 1. The summed E-state index contributed by atoms with van der Waals surface area (Å²) in [6, 6.07) is 36.0. The Bertz CT molecular complexity index is 2070. The highest BCUT2D eigenvalue weighted by atomic mass is 15.0. The Kier molecular flexibility index (Phi) is 5.75. The molecule has 2 heteroatoms. The lowest BCUT2D eigenvalue weighted by molar-refractivity contribution is 0.625. The maximum atomic E-state index is 6.83. The highest BCUT2D eigenvalue weighted by molar-refractivity contribution is 6.18. The number of hydrogen-bond donors (Lipinski definition) is 1. The van der Waals surface area contributed by atoms with Crippen molar-refractivity contribution in [1.29, 1.82) is 0 Å². The molecule has 5 aromatic carbocycles. The maximum Gasteiger partial charge on any atom is 0.0654 e. The minimum atomic E-state index is 0.266. The quantitative estimate of drug-likeness (QED) is 0.231. The Labute approximate surface area is 246 Å². The molecule has 0 radical (unpaired) electrons. The molecule has 0 bridgehead atoms. The SMILES string of the molecule is CC/C=C\c1c(N)c2cc(-c3ccc(-c4ccc5c6c(cccc46)-c4ccccc4-5)cc3)ccc2n1C1C=CC=CC1. The number of anilines is 1. The average molecular weight is 541 g/mol. The molecule has 1 atom stereocenters. The average Bonchev–Trinajstić information content (AvgIpc) is 3.53. The van der Waals surface area contributed by atoms with Gasteiger partial charge in [-0.1, -0.05) is 122 Å². The molecule has 2 aliphatic rings. The molecule has 2 nitrogen and oxygen atoms in total. The van der Waals surface area contributed by atoms with Gasteiger partial charge in [-0.2, -0.15) is 0 Å². The van der Waals surface area contributed by atoms with Gasteiger partial charge in [-0.25, -0.2) is 0 Å². The largest absolute Gasteiger partial charge is 0.396 e. The van der Waals surface area contributed by atoms with Crippen LogP contribution in [0.2, 0.25) is 0 Å². The van der Waals surface area contributed by atoms with E-state index >= 15 is 0 Å². The summed E-state index contributed by atoms with van der Waals surface area (Å²) in [5, 5.41) is 3.79. The Balaban J connectivity index is 1.19. The number of nitrogens with two attached hydrogens (primary N) is 1. The number of nitrogen functional groups attached to an aromatic ring is 1. The van der Waals surface area contributed by atoms with E-state index in [0.29, 0.717) is 0 Å². The molecule has 2 aliphatic carbocycles. The standard InChI is InChI=1S/C40H32N2/c1-2-3-16-38-40(41)36-25-28(21-24-37(36)42(38)29-10-5-4-6-11-29)26-17-19-27(20-18-26)30-22-23-35-32-13-8-7-12-31(32)34-15-9-14-33(30)39(34)35/h3-10,12-25,29H,2,11,41H2,1H3/b16-3-. The van der Waals surface area contributed by atoms with Crippen LogP contribution >= 0.6 is 0 Å². The number of rotatable bonds is 5. The smallest absolute Gasteiger partial charge is 0.0654 e. The van der Waals surface area contributed by atoms with Gasteiger partial charge in [0.25, 0.3) is 0 Å². The predicted molar refractivity (Wildman–Crippen MR) is 180 cm³/mol. The zero-order valence-corrected chi connectivity index (χ0v) is 23.7. The first kappa shape index (κ1) is 24.7. The van der Waals surface area contributed by atoms with Crippen molar-refractivity contribution in [3.63, 3.8) is 0 Å². The molecule has 0 amide bonds. The highest BCUT2D eigenvalue weighted by Crippen LogP contribution is 2.49. The van der Waals surface area contributed by atoms with Crippen LogP contribution in [0.15, 0.2) is 127 Å². The fourth-order valence-electron chi connectivity index (χ4n) is 6.96. The third-order valence-electron chi connectivity index (χ3n) is 8.96. The van der Waals surface area contributed by atoms with Gasteiger partial charge >= 0.3 is 0 Å². The van der Waals surface area contributed by atoms with Crippen LogP contribution in [-0.4, -0.2) is 4.57 Å². The van der Waals surface area contributed by atoms with E-state index in [2.05, 4.69) is 145 Å². The van der Waals surface area contributed by atoms with Crippen LogP contribution in [0.4, 0.5) is 5.69 Å². The first-order valence-electron chi connectivity index (χ1n) is 14.9. The third-order valence-corrected chi connectivity index (χ3v) is 8.96. The molecule has 0 saturated heterocycles. The van der Waals surface area contributed by atoms with Gasteiger partial charge in [0.2, 0.25) is 0 Å². The van der Waals surface area contributed by atoms with Crippen molar-refractivity contribution >= 4 is 33.4 Å². The Morgan fingerprint density at radius 3 is 2.19 bits per heavy atom. The molecule has 6 aromatic rings. The van der Waals surface area contributed by atoms with E-state index in [1.54, 1.807) is 0 Å². The molecule has 0 saturated carbocycles. The summed E-state index contributed by atoms with van der Waals surface area (Å²) in [6.07, 6.45) is 15.1. The molecule has 0 fully saturated rings. The lowest BCUT2D eigenvalue weighted by atomic mass is 9.93. The number of nitrogens with zero attached hydrogens (tertiary/aromatic N) is 1. The van der Waals surface area contributed by atoms with Crippen LogP contribution in [0.25, 0.3) is 72.3 Å². The lowest BCUT2D eigenvalue weighted by Crippen LogP contribution is -2.09. The molecule has 1 heterocycles. The van der Waals surface area contributed by atoms with Gasteiger partial charge in [0.15, 0.2) is 0 Å². The van der Waals surface area contributed by atoms with Gasteiger partial charge in [0.1, 0.15) is 0 Å². The van der Waals surface area contributed by atoms with E-state index < -0.39 is 0 Å². The third kappa shape index (κ3) is 3.72.